The highest BCUT2D eigenvalue weighted by molar-refractivity contribution is 14.1. The van der Waals surface area contributed by atoms with Crippen molar-refractivity contribution in [1.29, 1.82) is 0 Å². The van der Waals surface area contributed by atoms with Crippen LogP contribution in [0.25, 0.3) is 0 Å². The molecule has 2 aromatic rings. The number of hydrogen-bond donors (Lipinski definition) is 1. The molecule has 0 aliphatic rings. The second-order valence-corrected chi connectivity index (χ2v) is 6.42. The Morgan fingerprint density at radius 2 is 1.76 bits per heavy atom. The minimum atomic E-state index is -0.606. The molecule has 0 aliphatic heterocycles. The highest BCUT2D eigenvalue weighted by Crippen LogP contribution is 2.20. The van der Waals surface area contributed by atoms with Crippen LogP contribution in [0.3, 0.4) is 0 Å². The van der Waals surface area contributed by atoms with Crippen molar-refractivity contribution in [3.05, 3.63) is 50.5 Å². The van der Waals surface area contributed by atoms with Gasteiger partial charge in [0.05, 0.1) is 9.26 Å². The van der Waals surface area contributed by atoms with Gasteiger partial charge in [-0.15, -0.1) is 0 Å². The lowest BCUT2D eigenvalue weighted by molar-refractivity contribution is 0.580. The van der Waals surface area contributed by atoms with Gasteiger partial charge in [-0.1, -0.05) is 13.8 Å². The average Bonchev–Trinajstić information content (AvgIpc) is 2.33. The smallest absolute Gasteiger partial charge is 0.140 e. The summed E-state index contributed by atoms with van der Waals surface area (Å²) in [6.07, 6.45) is 1.04. The average molecular weight is 403 g/mol. The molecule has 0 spiro atoms. The summed E-state index contributed by atoms with van der Waals surface area (Å²) < 4.78 is 27.3. The molecule has 1 heterocycles. The normalized spacial score (nSPS) is 11.1. The summed E-state index contributed by atoms with van der Waals surface area (Å²) in [6, 6.07) is 3.41. The van der Waals surface area contributed by atoms with E-state index in [4.69, 9.17) is 5.73 Å². The molecule has 1 aromatic heterocycles. The Bertz CT molecular complexity index is 639. The summed E-state index contributed by atoms with van der Waals surface area (Å²) in [5.41, 5.74) is 7.27. The van der Waals surface area contributed by atoms with Gasteiger partial charge in [-0.05, 0) is 52.6 Å². The highest BCUT2D eigenvalue weighted by Gasteiger charge is 2.12. The number of rotatable bonds is 4. The van der Waals surface area contributed by atoms with Crippen molar-refractivity contribution < 1.29 is 8.78 Å². The van der Waals surface area contributed by atoms with E-state index in [9.17, 15) is 8.78 Å². The summed E-state index contributed by atoms with van der Waals surface area (Å²) in [6.45, 7) is 4.19. The Hall–Kier alpha value is -1.31. The molecule has 2 N–H and O–H groups in total. The Morgan fingerprint density at radius 1 is 1.14 bits per heavy atom. The van der Waals surface area contributed by atoms with Crippen molar-refractivity contribution in [3.8, 4) is 0 Å². The fourth-order valence-corrected chi connectivity index (χ4v) is 2.52. The van der Waals surface area contributed by atoms with Crippen molar-refractivity contribution >= 4 is 28.4 Å². The van der Waals surface area contributed by atoms with Gasteiger partial charge in [0, 0.05) is 12.5 Å². The van der Waals surface area contributed by atoms with Gasteiger partial charge in [-0.3, -0.25) is 0 Å². The van der Waals surface area contributed by atoms with Crippen LogP contribution in [-0.4, -0.2) is 9.97 Å². The topological polar surface area (TPSA) is 51.8 Å². The zero-order chi connectivity index (χ0) is 15.6. The highest BCUT2D eigenvalue weighted by atomic mass is 127. The molecule has 21 heavy (non-hydrogen) atoms. The van der Waals surface area contributed by atoms with Crippen molar-refractivity contribution in [2.45, 2.75) is 26.7 Å². The summed E-state index contributed by atoms with van der Waals surface area (Å²) in [4.78, 5) is 8.69. The monoisotopic (exact) mass is 403 g/mol. The quantitative estimate of drug-likeness (QED) is 0.792. The maximum atomic E-state index is 13.2. The van der Waals surface area contributed by atoms with E-state index >= 15 is 0 Å². The lowest BCUT2D eigenvalue weighted by Gasteiger charge is -2.11. The first-order chi connectivity index (χ1) is 9.85. The number of nitrogens with two attached hydrogens (primary N) is 1. The van der Waals surface area contributed by atoms with Crippen LogP contribution in [0.15, 0.2) is 18.2 Å². The number of nitrogen functional groups attached to an aromatic ring is 1. The minimum absolute atomic E-state index is 0.251. The molecule has 0 aliphatic carbocycles. The molecule has 0 saturated carbocycles. The molecule has 112 valence electrons. The first-order valence-corrected chi connectivity index (χ1v) is 7.68. The third-order valence-corrected chi connectivity index (χ3v) is 4.05. The first-order valence-electron chi connectivity index (χ1n) is 6.61. The van der Waals surface area contributed by atoms with E-state index in [0.717, 1.165) is 21.8 Å². The van der Waals surface area contributed by atoms with Gasteiger partial charge in [0.25, 0.3) is 0 Å². The van der Waals surface area contributed by atoms with Crippen LogP contribution in [-0.2, 0) is 12.8 Å². The molecule has 0 fully saturated rings. The third-order valence-electron chi connectivity index (χ3n) is 2.88. The molecule has 0 unspecified atom stereocenters. The van der Waals surface area contributed by atoms with Crippen LogP contribution in [0.5, 0.6) is 0 Å². The zero-order valence-corrected chi connectivity index (χ0v) is 14.0. The lowest BCUT2D eigenvalue weighted by Crippen LogP contribution is -2.10. The Morgan fingerprint density at radius 3 is 2.33 bits per heavy atom. The van der Waals surface area contributed by atoms with E-state index in [0.29, 0.717) is 23.1 Å². The van der Waals surface area contributed by atoms with Crippen molar-refractivity contribution in [2.24, 2.45) is 5.92 Å². The fourth-order valence-electron chi connectivity index (χ4n) is 2.06. The fraction of sp³-hybridized carbons (Fsp3) is 0.333. The third kappa shape index (κ3) is 4.33. The number of anilines is 1. The largest absolute Gasteiger partial charge is 0.383 e. The van der Waals surface area contributed by atoms with Crippen molar-refractivity contribution in [1.82, 2.24) is 9.97 Å². The minimum Gasteiger partial charge on any atom is -0.383 e. The summed E-state index contributed by atoms with van der Waals surface area (Å²) in [5, 5.41) is 0. The molecular weight excluding hydrogens is 387 g/mol. The molecule has 3 nitrogen and oxygen atoms in total. The Labute approximate surface area is 136 Å². The van der Waals surface area contributed by atoms with Gasteiger partial charge in [0.15, 0.2) is 0 Å². The van der Waals surface area contributed by atoms with Crippen LogP contribution >= 0.6 is 22.6 Å². The SMILES string of the molecule is CC(C)Cc1nc(Cc2cc(F)cc(F)c2)nc(N)c1I. The molecule has 2 rings (SSSR count). The first kappa shape index (κ1) is 16.1. The van der Waals surface area contributed by atoms with E-state index in [1.165, 1.54) is 12.1 Å². The Balaban J connectivity index is 2.33. The molecule has 0 saturated heterocycles. The lowest BCUT2D eigenvalue weighted by atomic mass is 10.1. The summed E-state index contributed by atoms with van der Waals surface area (Å²) in [5.74, 6) is 0.116. The number of hydrogen-bond acceptors (Lipinski definition) is 3. The van der Waals surface area contributed by atoms with Gasteiger partial charge >= 0.3 is 0 Å². The van der Waals surface area contributed by atoms with Crippen LogP contribution in [0.4, 0.5) is 14.6 Å². The van der Waals surface area contributed by atoms with Gasteiger partial charge in [0.1, 0.15) is 23.3 Å². The molecule has 0 atom stereocenters. The molecular formula is C15H16F2IN3. The molecule has 1 aromatic carbocycles. The van der Waals surface area contributed by atoms with E-state index < -0.39 is 11.6 Å². The van der Waals surface area contributed by atoms with Crippen molar-refractivity contribution in [2.75, 3.05) is 5.73 Å². The summed E-state index contributed by atoms with van der Waals surface area (Å²) >= 11 is 2.13. The second-order valence-electron chi connectivity index (χ2n) is 5.34. The number of nitrogens with zero attached hydrogens (tertiary/aromatic N) is 2. The molecule has 0 radical (unpaired) electrons. The van der Waals surface area contributed by atoms with E-state index in [-0.39, 0.29) is 6.42 Å². The zero-order valence-electron chi connectivity index (χ0n) is 11.8. The summed E-state index contributed by atoms with van der Waals surface area (Å²) in [7, 11) is 0. The Kier molecular flexibility index (Phi) is 5.08. The second kappa shape index (κ2) is 6.64. The number of halogens is 3. The number of aromatic nitrogens is 2. The van der Waals surface area contributed by atoms with Crippen molar-refractivity contribution in [3.63, 3.8) is 0 Å². The van der Waals surface area contributed by atoms with Gasteiger partial charge in [-0.2, -0.15) is 0 Å². The standard InChI is InChI=1S/C15H16F2IN3/c1-8(2)3-12-14(18)15(19)21-13(20-12)6-9-4-10(16)7-11(17)5-9/h4-5,7-8H,3,6H2,1-2H3,(H2,19,20,21). The van der Waals surface area contributed by atoms with Crippen LogP contribution < -0.4 is 5.73 Å². The maximum absolute atomic E-state index is 13.2. The van der Waals surface area contributed by atoms with Gasteiger partial charge in [0.2, 0.25) is 0 Å². The van der Waals surface area contributed by atoms with E-state index in [2.05, 4.69) is 46.4 Å². The van der Waals surface area contributed by atoms with E-state index in [1.54, 1.807) is 0 Å². The van der Waals surface area contributed by atoms with Crippen LogP contribution in [0.1, 0.15) is 30.9 Å². The molecule has 0 amide bonds. The predicted octanol–water partition coefficient (Wildman–Crippen LogP) is 3.73. The molecule has 6 heteroatoms. The molecule has 0 bridgehead atoms. The number of benzene rings is 1. The van der Waals surface area contributed by atoms with Gasteiger partial charge in [-0.25, -0.2) is 18.7 Å². The maximum Gasteiger partial charge on any atom is 0.140 e. The van der Waals surface area contributed by atoms with E-state index in [1.807, 2.05) is 0 Å². The predicted molar refractivity (Wildman–Crippen MR) is 86.9 cm³/mol. The van der Waals surface area contributed by atoms with Crippen LogP contribution in [0, 0.1) is 21.1 Å². The van der Waals surface area contributed by atoms with Gasteiger partial charge < -0.3 is 5.73 Å². The van der Waals surface area contributed by atoms with Crippen LogP contribution in [0.2, 0.25) is 0 Å².